The Labute approximate surface area is 140 Å². The van der Waals surface area contributed by atoms with Crippen LogP contribution in [0, 0.1) is 5.92 Å². The Morgan fingerprint density at radius 3 is 2.36 bits per heavy atom. The summed E-state index contributed by atoms with van der Waals surface area (Å²) < 4.78 is 0.817. The molecule has 0 aliphatic carbocycles. The predicted octanol–water partition coefficient (Wildman–Crippen LogP) is 4.83. The molecule has 0 aliphatic rings. The van der Waals surface area contributed by atoms with Gasteiger partial charge in [-0.15, -0.1) is 0 Å². The minimum Gasteiger partial charge on any atom is -0.330 e. The standard InChI is InChI=1S/C19H29ClNO/c1-5-6-7-8-17(15-21(2,3)4)19(22)14-11-16-9-12-18(20)13-10-16/h9-14,17H,5-8,15H2,1-4H3/q+1/b14-11-/t17-/m0/s1. The summed E-state index contributed by atoms with van der Waals surface area (Å²) in [6.07, 6.45) is 8.11. The molecule has 0 radical (unpaired) electrons. The van der Waals surface area contributed by atoms with E-state index in [1.165, 1.54) is 12.8 Å². The quantitative estimate of drug-likeness (QED) is 0.362. The van der Waals surface area contributed by atoms with Crippen LogP contribution in [0.5, 0.6) is 0 Å². The predicted molar refractivity (Wildman–Crippen MR) is 96.0 cm³/mol. The van der Waals surface area contributed by atoms with Crippen LogP contribution in [-0.2, 0) is 4.79 Å². The Morgan fingerprint density at radius 2 is 1.82 bits per heavy atom. The highest BCUT2D eigenvalue weighted by molar-refractivity contribution is 6.30. The third kappa shape index (κ3) is 7.77. The number of quaternary nitrogens is 1. The molecule has 0 aromatic heterocycles. The smallest absolute Gasteiger partial charge is 0.164 e. The van der Waals surface area contributed by atoms with Crippen LogP contribution in [0.15, 0.2) is 30.3 Å². The third-order valence-electron chi connectivity index (χ3n) is 3.64. The van der Waals surface area contributed by atoms with E-state index in [1.807, 2.05) is 30.3 Å². The van der Waals surface area contributed by atoms with Crippen LogP contribution in [0.2, 0.25) is 5.02 Å². The van der Waals surface area contributed by atoms with Gasteiger partial charge in [0, 0.05) is 5.02 Å². The van der Waals surface area contributed by atoms with Crippen LogP contribution >= 0.6 is 11.6 Å². The summed E-state index contributed by atoms with van der Waals surface area (Å²) in [5, 5.41) is 0.714. The fourth-order valence-corrected chi connectivity index (χ4v) is 2.64. The molecule has 0 N–H and O–H groups in total. The second kappa shape index (κ2) is 9.12. The van der Waals surface area contributed by atoms with Crippen molar-refractivity contribution in [1.82, 2.24) is 0 Å². The van der Waals surface area contributed by atoms with Gasteiger partial charge < -0.3 is 4.48 Å². The van der Waals surface area contributed by atoms with Crippen LogP contribution < -0.4 is 0 Å². The molecule has 1 rings (SSSR count). The van der Waals surface area contributed by atoms with Crippen molar-refractivity contribution in [3.63, 3.8) is 0 Å². The molecule has 0 unspecified atom stereocenters. The molecule has 0 aliphatic heterocycles. The van der Waals surface area contributed by atoms with Crippen LogP contribution in [0.4, 0.5) is 0 Å². The lowest BCUT2D eigenvalue weighted by molar-refractivity contribution is -0.872. The summed E-state index contributed by atoms with van der Waals surface area (Å²) in [4.78, 5) is 12.5. The lowest BCUT2D eigenvalue weighted by Gasteiger charge is -2.28. The van der Waals surface area contributed by atoms with Crippen LogP contribution in [0.3, 0.4) is 0 Å². The van der Waals surface area contributed by atoms with Crippen molar-refractivity contribution in [2.24, 2.45) is 5.92 Å². The van der Waals surface area contributed by atoms with Gasteiger partial charge in [-0.2, -0.15) is 0 Å². The van der Waals surface area contributed by atoms with Crippen molar-refractivity contribution >= 4 is 23.5 Å². The summed E-state index contributed by atoms with van der Waals surface area (Å²) in [6.45, 7) is 3.07. The highest BCUT2D eigenvalue weighted by Crippen LogP contribution is 2.16. The third-order valence-corrected chi connectivity index (χ3v) is 3.89. The molecule has 0 spiro atoms. The van der Waals surface area contributed by atoms with E-state index >= 15 is 0 Å². The normalized spacial score (nSPS) is 13.5. The number of unbranched alkanes of at least 4 members (excludes halogenated alkanes) is 2. The first-order chi connectivity index (χ1) is 10.3. The number of hydrogen-bond donors (Lipinski definition) is 0. The number of benzene rings is 1. The lowest BCUT2D eigenvalue weighted by atomic mass is 9.95. The zero-order valence-electron chi connectivity index (χ0n) is 14.3. The lowest BCUT2D eigenvalue weighted by Crippen LogP contribution is -2.41. The zero-order valence-corrected chi connectivity index (χ0v) is 15.1. The number of carbonyl (C=O) groups is 1. The fraction of sp³-hybridized carbons (Fsp3) is 0.526. The maximum atomic E-state index is 12.5. The van der Waals surface area contributed by atoms with Crippen LogP contribution in [0.25, 0.3) is 6.08 Å². The van der Waals surface area contributed by atoms with Crippen molar-refractivity contribution < 1.29 is 9.28 Å². The van der Waals surface area contributed by atoms with E-state index in [1.54, 1.807) is 6.08 Å². The van der Waals surface area contributed by atoms with Crippen LogP contribution in [-0.4, -0.2) is 38.0 Å². The molecular formula is C19H29ClNO+. The fourth-order valence-electron chi connectivity index (χ4n) is 2.51. The minimum absolute atomic E-state index is 0.107. The van der Waals surface area contributed by atoms with E-state index < -0.39 is 0 Å². The van der Waals surface area contributed by atoms with Crippen molar-refractivity contribution in [2.45, 2.75) is 32.6 Å². The maximum Gasteiger partial charge on any atom is 0.164 e. The van der Waals surface area contributed by atoms with Gasteiger partial charge in [0.1, 0.15) is 0 Å². The second-order valence-electron chi connectivity index (χ2n) is 6.95. The van der Waals surface area contributed by atoms with E-state index in [2.05, 4.69) is 28.1 Å². The summed E-state index contributed by atoms with van der Waals surface area (Å²) in [5.41, 5.74) is 1.01. The Hall–Kier alpha value is -1.12. The van der Waals surface area contributed by atoms with Gasteiger partial charge in [0.05, 0.1) is 33.6 Å². The van der Waals surface area contributed by atoms with Gasteiger partial charge in [0.15, 0.2) is 5.78 Å². The molecular weight excluding hydrogens is 294 g/mol. The van der Waals surface area contributed by atoms with Gasteiger partial charge in [0.2, 0.25) is 0 Å². The number of allylic oxidation sites excluding steroid dienone is 1. The number of nitrogens with zero attached hydrogens (tertiary/aromatic N) is 1. The van der Waals surface area contributed by atoms with E-state index in [0.29, 0.717) is 5.02 Å². The molecule has 1 atom stereocenters. The van der Waals surface area contributed by atoms with E-state index in [9.17, 15) is 4.79 Å². The monoisotopic (exact) mass is 322 g/mol. The van der Waals surface area contributed by atoms with Crippen molar-refractivity contribution in [2.75, 3.05) is 27.7 Å². The average Bonchev–Trinajstić information content (AvgIpc) is 2.44. The van der Waals surface area contributed by atoms with E-state index in [0.717, 1.165) is 29.4 Å². The molecule has 0 saturated carbocycles. The molecule has 22 heavy (non-hydrogen) atoms. The first kappa shape index (κ1) is 18.9. The molecule has 1 aromatic rings. The number of carbonyl (C=O) groups excluding carboxylic acids is 1. The van der Waals surface area contributed by atoms with Crippen molar-refractivity contribution in [3.05, 3.63) is 40.9 Å². The van der Waals surface area contributed by atoms with Gasteiger partial charge in [-0.1, -0.05) is 56.0 Å². The van der Waals surface area contributed by atoms with Crippen LogP contribution in [0.1, 0.15) is 38.2 Å². The van der Waals surface area contributed by atoms with Gasteiger partial charge in [-0.25, -0.2) is 0 Å². The molecule has 0 amide bonds. The van der Waals surface area contributed by atoms with Gasteiger partial charge >= 0.3 is 0 Å². The highest BCUT2D eigenvalue weighted by Gasteiger charge is 2.23. The first-order valence-electron chi connectivity index (χ1n) is 8.10. The zero-order chi connectivity index (χ0) is 16.6. The molecule has 2 nitrogen and oxygen atoms in total. The molecule has 0 bridgehead atoms. The molecule has 0 fully saturated rings. The molecule has 0 saturated heterocycles. The summed E-state index contributed by atoms with van der Waals surface area (Å²) in [5.74, 6) is 0.342. The van der Waals surface area contributed by atoms with Gasteiger partial charge in [-0.05, 0) is 30.2 Å². The SMILES string of the molecule is CCCCC[C@@H](C[N+](C)(C)C)C(=O)/C=C\c1ccc(Cl)cc1. The Balaban J connectivity index is 2.70. The molecule has 1 aromatic carbocycles. The van der Waals surface area contributed by atoms with Gasteiger partial charge in [0.25, 0.3) is 0 Å². The Morgan fingerprint density at radius 1 is 1.18 bits per heavy atom. The van der Waals surface area contributed by atoms with Gasteiger partial charge in [-0.3, -0.25) is 4.79 Å². The number of rotatable bonds is 9. The van der Waals surface area contributed by atoms with E-state index in [4.69, 9.17) is 11.6 Å². The second-order valence-corrected chi connectivity index (χ2v) is 7.39. The summed E-state index contributed by atoms with van der Waals surface area (Å²) >= 11 is 5.88. The minimum atomic E-state index is 0.107. The number of ketones is 1. The Kier molecular flexibility index (Phi) is 7.84. The summed E-state index contributed by atoms with van der Waals surface area (Å²) in [6, 6.07) is 7.54. The summed E-state index contributed by atoms with van der Waals surface area (Å²) in [7, 11) is 6.43. The molecule has 122 valence electrons. The highest BCUT2D eigenvalue weighted by atomic mass is 35.5. The maximum absolute atomic E-state index is 12.5. The average molecular weight is 323 g/mol. The first-order valence-corrected chi connectivity index (χ1v) is 8.47. The van der Waals surface area contributed by atoms with Crippen molar-refractivity contribution in [1.29, 1.82) is 0 Å². The Bertz CT molecular complexity index is 485. The van der Waals surface area contributed by atoms with Crippen molar-refractivity contribution in [3.8, 4) is 0 Å². The molecule has 0 heterocycles. The number of hydrogen-bond acceptors (Lipinski definition) is 1. The number of halogens is 1. The molecule has 3 heteroatoms. The topological polar surface area (TPSA) is 17.1 Å². The largest absolute Gasteiger partial charge is 0.330 e. The van der Waals surface area contributed by atoms with E-state index in [-0.39, 0.29) is 11.7 Å².